The number of amides is 2. The number of nitrogens with one attached hydrogen (secondary N) is 1. The van der Waals surface area contributed by atoms with Crippen molar-refractivity contribution in [1.29, 1.82) is 0 Å². The minimum atomic E-state index is -1.04. The minimum absolute atomic E-state index is 0.0856. The number of halogens is 1. The summed E-state index contributed by atoms with van der Waals surface area (Å²) in [5.74, 6) is 0. The number of carbonyl (C=O) groups excluding carboxylic acids is 1. The number of alkyl halides is 1. The first-order chi connectivity index (χ1) is 5.24. The number of carbonyl (C=O) groups is 1. The minimum Gasteiger partial charge on any atom is -0.389 e. The zero-order chi connectivity index (χ0) is 8.27. The van der Waals surface area contributed by atoms with Gasteiger partial charge in [-0.3, -0.25) is 0 Å². The lowest BCUT2D eigenvalue weighted by Crippen LogP contribution is -2.35. The fourth-order valence-corrected chi connectivity index (χ4v) is 0.989. The lowest BCUT2D eigenvalue weighted by Gasteiger charge is -2.15. The first-order valence-electron chi connectivity index (χ1n) is 3.51. The molecule has 5 heteroatoms. The third kappa shape index (κ3) is 2.04. The predicted octanol–water partition coefficient (Wildman–Crippen LogP) is -0.658. The Morgan fingerprint density at radius 2 is 2.55 bits per heavy atom. The van der Waals surface area contributed by atoms with Crippen molar-refractivity contribution >= 4 is 6.03 Å². The van der Waals surface area contributed by atoms with Crippen LogP contribution in [0.1, 0.15) is 0 Å². The molecule has 1 fully saturated rings. The Labute approximate surface area is 64.0 Å². The van der Waals surface area contributed by atoms with Crippen LogP contribution in [0.4, 0.5) is 9.18 Å². The van der Waals surface area contributed by atoms with Crippen molar-refractivity contribution in [2.24, 2.45) is 0 Å². The Kier molecular flexibility index (Phi) is 2.64. The maximum absolute atomic E-state index is 11.8. The summed E-state index contributed by atoms with van der Waals surface area (Å²) in [6, 6.07) is -0.225. The molecule has 0 spiro atoms. The Balaban J connectivity index is 2.30. The van der Waals surface area contributed by atoms with Crippen LogP contribution in [-0.4, -0.2) is 48.5 Å². The van der Waals surface area contributed by atoms with E-state index in [4.69, 9.17) is 5.11 Å². The second-order valence-electron chi connectivity index (χ2n) is 2.49. The van der Waals surface area contributed by atoms with Crippen LogP contribution >= 0.6 is 0 Å². The number of aliphatic hydroxyl groups excluding tert-OH is 1. The molecule has 1 atom stereocenters. The summed E-state index contributed by atoms with van der Waals surface area (Å²) in [6.07, 6.45) is -1.04. The highest BCUT2D eigenvalue weighted by molar-refractivity contribution is 5.76. The molecule has 0 aromatic heterocycles. The molecule has 2 amide bonds. The van der Waals surface area contributed by atoms with E-state index in [0.29, 0.717) is 13.1 Å². The zero-order valence-corrected chi connectivity index (χ0v) is 6.09. The van der Waals surface area contributed by atoms with Crippen molar-refractivity contribution in [3.05, 3.63) is 0 Å². The molecule has 1 rings (SSSR count). The Bertz CT molecular complexity index is 154. The molecule has 1 unspecified atom stereocenters. The van der Waals surface area contributed by atoms with Crippen molar-refractivity contribution in [1.82, 2.24) is 10.2 Å². The number of hydrogen-bond donors (Lipinski definition) is 2. The van der Waals surface area contributed by atoms with E-state index >= 15 is 0 Å². The van der Waals surface area contributed by atoms with E-state index in [0.717, 1.165) is 0 Å². The smallest absolute Gasteiger partial charge is 0.317 e. The van der Waals surface area contributed by atoms with Gasteiger partial charge in [-0.25, -0.2) is 9.18 Å². The second kappa shape index (κ2) is 3.52. The maximum atomic E-state index is 11.8. The van der Waals surface area contributed by atoms with Gasteiger partial charge in [-0.2, -0.15) is 0 Å². The molecule has 0 radical (unpaired) electrons. The van der Waals surface area contributed by atoms with Gasteiger partial charge in [-0.05, 0) is 0 Å². The summed E-state index contributed by atoms with van der Waals surface area (Å²) >= 11 is 0. The molecule has 1 heterocycles. The van der Waals surface area contributed by atoms with Gasteiger partial charge in [0, 0.05) is 13.1 Å². The van der Waals surface area contributed by atoms with E-state index in [2.05, 4.69) is 5.32 Å². The van der Waals surface area contributed by atoms with Crippen LogP contribution in [0, 0.1) is 0 Å². The van der Waals surface area contributed by atoms with Gasteiger partial charge in [-0.1, -0.05) is 0 Å². The summed E-state index contributed by atoms with van der Waals surface area (Å²) in [7, 11) is 0. The lowest BCUT2D eigenvalue weighted by molar-refractivity contribution is 0.107. The van der Waals surface area contributed by atoms with Crippen molar-refractivity contribution < 1.29 is 14.3 Å². The van der Waals surface area contributed by atoms with Crippen LogP contribution in [-0.2, 0) is 0 Å². The van der Waals surface area contributed by atoms with E-state index < -0.39 is 12.8 Å². The lowest BCUT2D eigenvalue weighted by atomic mass is 10.3. The Hall–Kier alpha value is -0.840. The molecule has 0 aliphatic carbocycles. The van der Waals surface area contributed by atoms with Crippen molar-refractivity contribution in [2.75, 3.05) is 26.3 Å². The standard InChI is InChI=1S/C6H11FN2O2/c7-3-5(10)4-9-2-1-8-6(9)11/h5,10H,1-4H2,(H,8,11). The van der Waals surface area contributed by atoms with Crippen molar-refractivity contribution in [2.45, 2.75) is 6.10 Å². The number of rotatable bonds is 3. The number of β-amino-alcohol motifs (C(OH)–C–C–N with tert-alkyl or cyclic N) is 1. The van der Waals surface area contributed by atoms with Crippen LogP contribution < -0.4 is 5.32 Å². The summed E-state index contributed by atoms with van der Waals surface area (Å²) in [5.41, 5.74) is 0. The average Bonchev–Trinajstić information content (AvgIpc) is 2.37. The summed E-state index contributed by atoms with van der Waals surface area (Å²) in [5, 5.41) is 11.4. The molecule has 2 N–H and O–H groups in total. The number of nitrogens with zero attached hydrogens (tertiary/aromatic N) is 1. The summed E-state index contributed by atoms with van der Waals surface area (Å²) < 4.78 is 11.8. The highest BCUT2D eigenvalue weighted by atomic mass is 19.1. The molecular formula is C6H11FN2O2. The molecule has 11 heavy (non-hydrogen) atoms. The predicted molar refractivity (Wildman–Crippen MR) is 37.0 cm³/mol. The fraction of sp³-hybridized carbons (Fsp3) is 0.833. The van der Waals surface area contributed by atoms with Gasteiger partial charge in [-0.15, -0.1) is 0 Å². The van der Waals surface area contributed by atoms with Crippen LogP contribution in [0.5, 0.6) is 0 Å². The van der Waals surface area contributed by atoms with Gasteiger partial charge in [0.25, 0.3) is 0 Å². The molecule has 1 saturated heterocycles. The first kappa shape index (κ1) is 8.26. The van der Waals surface area contributed by atoms with Gasteiger partial charge in [0.05, 0.1) is 12.6 Å². The zero-order valence-electron chi connectivity index (χ0n) is 6.09. The molecular weight excluding hydrogens is 151 g/mol. The van der Waals surface area contributed by atoms with E-state index in [1.165, 1.54) is 4.90 Å². The quantitative estimate of drug-likeness (QED) is 0.579. The van der Waals surface area contributed by atoms with Gasteiger partial charge < -0.3 is 15.3 Å². The molecule has 64 valence electrons. The Morgan fingerprint density at radius 3 is 3.00 bits per heavy atom. The molecule has 1 aliphatic rings. The van der Waals surface area contributed by atoms with Gasteiger partial charge in [0.2, 0.25) is 0 Å². The molecule has 1 aliphatic heterocycles. The van der Waals surface area contributed by atoms with Gasteiger partial charge in [0.1, 0.15) is 6.67 Å². The topological polar surface area (TPSA) is 52.6 Å². The van der Waals surface area contributed by atoms with Crippen molar-refractivity contribution in [3.8, 4) is 0 Å². The van der Waals surface area contributed by atoms with Crippen molar-refractivity contribution in [3.63, 3.8) is 0 Å². The Morgan fingerprint density at radius 1 is 1.82 bits per heavy atom. The number of hydrogen-bond acceptors (Lipinski definition) is 2. The van der Waals surface area contributed by atoms with E-state index in [9.17, 15) is 9.18 Å². The largest absolute Gasteiger partial charge is 0.389 e. The van der Waals surface area contributed by atoms with Crippen LogP contribution in [0.25, 0.3) is 0 Å². The monoisotopic (exact) mass is 162 g/mol. The third-order valence-electron chi connectivity index (χ3n) is 1.55. The van der Waals surface area contributed by atoms with Crippen LogP contribution in [0.3, 0.4) is 0 Å². The number of aliphatic hydroxyl groups is 1. The van der Waals surface area contributed by atoms with Gasteiger partial charge in [0.15, 0.2) is 0 Å². The maximum Gasteiger partial charge on any atom is 0.317 e. The summed E-state index contributed by atoms with van der Waals surface area (Å²) in [4.78, 5) is 12.2. The normalized spacial score (nSPS) is 20.2. The van der Waals surface area contributed by atoms with Crippen LogP contribution in [0.2, 0.25) is 0 Å². The number of urea groups is 1. The molecule has 0 bridgehead atoms. The second-order valence-corrected chi connectivity index (χ2v) is 2.49. The van der Waals surface area contributed by atoms with E-state index in [-0.39, 0.29) is 12.6 Å². The van der Waals surface area contributed by atoms with E-state index in [1.807, 2.05) is 0 Å². The third-order valence-corrected chi connectivity index (χ3v) is 1.55. The van der Waals surface area contributed by atoms with Crippen LogP contribution in [0.15, 0.2) is 0 Å². The molecule has 0 aromatic carbocycles. The van der Waals surface area contributed by atoms with E-state index in [1.54, 1.807) is 0 Å². The highest BCUT2D eigenvalue weighted by Gasteiger charge is 2.21. The molecule has 4 nitrogen and oxygen atoms in total. The molecule has 0 saturated carbocycles. The average molecular weight is 162 g/mol. The first-order valence-corrected chi connectivity index (χ1v) is 3.51. The van der Waals surface area contributed by atoms with Gasteiger partial charge >= 0.3 is 6.03 Å². The summed E-state index contributed by atoms with van der Waals surface area (Å²) in [6.45, 7) is 0.417. The molecule has 0 aromatic rings. The SMILES string of the molecule is O=C1NCCN1CC(O)CF. The highest BCUT2D eigenvalue weighted by Crippen LogP contribution is 1.98. The fourth-order valence-electron chi connectivity index (χ4n) is 0.989.